The molecule has 0 amide bonds. The molecule has 0 aliphatic heterocycles. The number of nitrogens with zero attached hydrogens (tertiary/aromatic N) is 1. The second kappa shape index (κ2) is 9.48. The Labute approximate surface area is 171 Å². The van der Waals surface area contributed by atoms with E-state index in [-0.39, 0.29) is 31.5 Å². The van der Waals surface area contributed by atoms with Gasteiger partial charge in [-0.3, -0.25) is 19.4 Å². The van der Waals surface area contributed by atoms with Crippen LogP contribution in [0.4, 0.5) is 0 Å². The lowest BCUT2D eigenvalue weighted by atomic mass is 9.62. The molecule has 4 atom stereocenters. The van der Waals surface area contributed by atoms with Gasteiger partial charge in [-0.15, -0.1) is 0 Å². The van der Waals surface area contributed by atoms with E-state index in [2.05, 4.69) is 4.98 Å². The van der Waals surface area contributed by atoms with Crippen molar-refractivity contribution in [1.29, 1.82) is 0 Å². The van der Waals surface area contributed by atoms with Gasteiger partial charge in [0.15, 0.2) is 5.78 Å². The molecule has 1 saturated carbocycles. The van der Waals surface area contributed by atoms with Crippen molar-refractivity contribution in [2.75, 3.05) is 13.2 Å². The molecule has 1 fully saturated rings. The third-order valence-electron chi connectivity index (χ3n) is 4.96. The smallest absolute Gasteiger partial charge is 0.317 e. The Hall–Kier alpha value is -2.28. The maximum absolute atomic E-state index is 13.0. The Bertz CT molecular complexity index is 728. The molecule has 1 N–H and O–H groups in total. The summed E-state index contributed by atoms with van der Waals surface area (Å²) in [6, 6.07) is 3.36. The Kier molecular flexibility index (Phi) is 7.52. The van der Waals surface area contributed by atoms with E-state index in [1.54, 1.807) is 18.3 Å². The molecular weight excluding hydrogens is 374 g/mol. The number of aliphatic hydroxyl groups is 1. The lowest BCUT2D eigenvalue weighted by Crippen LogP contribution is -2.55. The lowest BCUT2D eigenvalue weighted by molar-refractivity contribution is -0.173. The van der Waals surface area contributed by atoms with Gasteiger partial charge in [0.05, 0.1) is 24.7 Å². The van der Waals surface area contributed by atoms with Gasteiger partial charge in [-0.1, -0.05) is 33.8 Å². The average Bonchev–Trinajstić information content (AvgIpc) is 2.63. The van der Waals surface area contributed by atoms with E-state index in [9.17, 15) is 19.5 Å². The molecule has 1 aromatic rings. The van der Waals surface area contributed by atoms with E-state index in [1.807, 2.05) is 27.7 Å². The number of hydrogen-bond donors (Lipinski definition) is 1. The molecule has 7 nitrogen and oxygen atoms in total. The largest absolute Gasteiger partial charge is 0.465 e. The van der Waals surface area contributed by atoms with Gasteiger partial charge in [-0.2, -0.15) is 0 Å². The van der Waals surface area contributed by atoms with Crippen LogP contribution >= 0.6 is 0 Å². The molecule has 2 rings (SSSR count). The fourth-order valence-corrected chi connectivity index (χ4v) is 3.67. The van der Waals surface area contributed by atoms with Crippen molar-refractivity contribution in [3.63, 3.8) is 0 Å². The van der Waals surface area contributed by atoms with Crippen LogP contribution in [0.1, 0.15) is 52.5 Å². The summed E-state index contributed by atoms with van der Waals surface area (Å²) in [5.41, 5.74) is -1.14. The molecule has 1 aliphatic carbocycles. The minimum Gasteiger partial charge on any atom is -0.465 e. The highest BCUT2D eigenvalue weighted by molar-refractivity contribution is 6.02. The monoisotopic (exact) mass is 405 g/mol. The Morgan fingerprint density at radius 2 is 1.76 bits per heavy atom. The predicted molar refractivity (Wildman–Crippen MR) is 106 cm³/mol. The van der Waals surface area contributed by atoms with Crippen molar-refractivity contribution in [3.8, 4) is 0 Å². The Balaban J connectivity index is 2.47. The number of aromatic nitrogens is 1. The summed E-state index contributed by atoms with van der Waals surface area (Å²) in [6.07, 6.45) is 2.74. The highest BCUT2D eigenvalue weighted by Gasteiger charge is 2.57. The lowest BCUT2D eigenvalue weighted by Gasteiger charge is -2.43. The molecule has 0 unspecified atom stereocenters. The number of pyridine rings is 1. The maximum atomic E-state index is 13.0. The molecule has 0 radical (unpaired) electrons. The van der Waals surface area contributed by atoms with Crippen LogP contribution in [0.25, 0.3) is 0 Å². The van der Waals surface area contributed by atoms with Crippen molar-refractivity contribution < 1.29 is 29.0 Å². The number of ketones is 1. The molecule has 0 aromatic carbocycles. The standard InChI is InChI=1S/C22H31NO6/c1-13(2)11-28-20(25)18-16(24)9-22(5,27)19(21(26)29-12-14(3)4)17(18)15-7-6-8-23-10-15/h6-8,10,13-14,17-19,27H,9,11-12H2,1-5H3/t17-,18-,19+,22-/m0/s1. The molecule has 29 heavy (non-hydrogen) atoms. The zero-order valence-electron chi connectivity index (χ0n) is 17.8. The molecule has 0 saturated heterocycles. The number of esters is 2. The summed E-state index contributed by atoms with van der Waals surface area (Å²) in [7, 11) is 0. The van der Waals surface area contributed by atoms with Crippen LogP contribution < -0.4 is 0 Å². The van der Waals surface area contributed by atoms with Gasteiger partial charge in [0.1, 0.15) is 5.92 Å². The predicted octanol–water partition coefficient (Wildman–Crippen LogP) is 2.52. The van der Waals surface area contributed by atoms with Gasteiger partial charge in [0, 0.05) is 24.7 Å². The fraction of sp³-hybridized carbons (Fsp3) is 0.636. The van der Waals surface area contributed by atoms with Crippen molar-refractivity contribution in [2.24, 2.45) is 23.7 Å². The van der Waals surface area contributed by atoms with Gasteiger partial charge in [0.2, 0.25) is 0 Å². The van der Waals surface area contributed by atoms with E-state index in [4.69, 9.17) is 9.47 Å². The van der Waals surface area contributed by atoms with Crippen LogP contribution in [-0.4, -0.2) is 46.6 Å². The summed E-state index contributed by atoms with van der Waals surface area (Å²) in [5.74, 6) is -4.78. The maximum Gasteiger partial charge on any atom is 0.317 e. The van der Waals surface area contributed by atoms with Crippen molar-refractivity contribution in [3.05, 3.63) is 30.1 Å². The number of ether oxygens (including phenoxy) is 2. The van der Waals surface area contributed by atoms with Gasteiger partial charge in [0.25, 0.3) is 0 Å². The Morgan fingerprint density at radius 3 is 2.28 bits per heavy atom. The molecule has 160 valence electrons. The normalized spacial score (nSPS) is 27.2. The average molecular weight is 405 g/mol. The molecule has 0 bridgehead atoms. The molecule has 7 heteroatoms. The van der Waals surface area contributed by atoms with Crippen molar-refractivity contribution >= 4 is 17.7 Å². The number of Topliss-reactive ketones (excluding diaryl/α,β-unsaturated/α-hetero) is 1. The zero-order valence-corrected chi connectivity index (χ0v) is 17.8. The second-order valence-corrected chi connectivity index (χ2v) is 8.82. The Morgan fingerprint density at radius 1 is 1.17 bits per heavy atom. The van der Waals surface area contributed by atoms with Crippen LogP contribution in [0, 0.1) is 23.7 Å². The van der Waals surface area contributed by atoms with Crippen LogP contribution in [0.3, 0.4) is 0 Å². The third-order valence-corrected chi connectivity index (χ3v) is 4.96. The van der Waals surface area contributed by atoms with Crippen LogP contribution in [-0.2, 0) is 23.9 Å². The molecular formula is C22H31NO6. The van der Waals surface area contributed by atoms with Gasteiger partial charge in [-0.25, -0.2) is 0 Å². The first-order valence-corrected chi connectivity index (χ1v) is 10.0. The second-order valence-electron chi connectivity index (χ2n) is 8.82. The summed E-state index contributed by atoms with van der Waals surface area (Å²) >= 11 is 0. The van der Waals surface area contributed by atoms with Crippen LogP contribution in [0.5, 0.6) is 0 Å². The summed E-state index contributed by atoms with van der Waals surface area (Å²) in [4.78, 5) is 42.8. The highest BCUT2D eigenvalue weighted by atomic mass is 16.5. The first-order chi connectivity index (χ1) is 13.5. The first-order valence-electron chi connectivity index (χ1n) is 10.0. The van der Waals surface area contributed by atoms with E-state index in [1.165, 1.54) is 13.1 Å². The first kappa shape index (κ1) is 23.0. The van der Waals surface area contributed by atoms with E-state index < -0.39 is 41.1 Å². The third kappa shape index (κ3) is 5.63. The van der Waals surface area contributed by atoms with Gasteiger partial charge in [-0.05, 0) is 30.4 Å². The summed E-state index contributed by atoms with van der Waals surface area (Å²) in [6.45, 7) is 9.38. The number of carbonyl (C=O) groups excluding carboxylic acids is 3. The van der Waals surface area contributed by atoms with Gasteiger partial charge >= 0.3 is 11.9 Å². The van der Waals surface area contributed by atoms with E-state index in [0.29, 0.717) is 5.56 Å². The SMILES string of the molecule is CC(C)COC(=O)[C@H]1C(=O)C[C@](C)(O)[C@@H](C(=O)OCC(C)C)[C@H]1c1cccnc1. The summed E-state index contributed by atoms with van der Waals surface area (Å²) in [5, 5.41) is 11.0. The molecule has 1 aliphatic rings. The molecule has 1 aromatic heterocycles. The van der Waals surface area contributed by atoms with E-state index >= 15 is 0 Å². The molecule has 1 heterocycles. The van der Waals surface area contributed by atoms with Crippen molar-refractivity contribution in [1.82, 2.24) is 4.98 Å². The van der Waals surface area contributed by atoms with Gasteiger partial charge < -0.3 is 14.6 Å². The van der Waals surface area contributed by atoms with Crippen LogP contribution in [0.15, 0.2) is 24.5 Å². The number of carbonyl (C=O) groups is 3. The summed E-state index contributed by atoms with van der Waals surface area (Å²) < 4.78 is 10.8. The van der Waals surface area contributed by atoms with E-state index in [0.717, 1.165) is 0 Å². The molecule has 0 spiro atoms. The number of hydrogen-bond acceptors (Lipinski definition) is 7. The van der Waals surface area contributed by atoms with Crippen molar-refractivity contribution in [2.45, 2.75) is 52.6 Å². The fourth-order valence-electron chi connectivity index (χ4n) is 3.67. The minimum absolute atomic E-state index is 0.101. The quantitative estimate of drug-likeness (QED) is 0.549. The number of rotatable bonds is 7. The van der Waals surface area contributed by atoms with Crippen LogP contribution in [0.2, 0.25) is 0 Å². The zero-order chi connectivity index (χ0) is 21.8. The minimum atomic E-state index is -1.65. The highest BCUT2D eigenvalue weighted by Crippen LogP contribution is 2.46. The topological polar surface area (TPSA) is 103 Å².